The van der Waals surface area contributed by atoms with Crippen molar-refractivity contribution in [2.24, 2.45) is 0 Å². The Hall–Kier alpha value is -2.08. The molecule has 1 aliphatic rings. The number of amides is 2. The maximum Gasteiger partial charge on any atom is 0.259 e. The van der Waals surface area contributed by atoms with Gasteiger partial charge in [0, 0.05) is 19.8 Å². The number of anilines is 1. The Labute approximate surface area is 124 Å². The minimum Gasteiger partial charge on any atom is -0.484 e. The number of hydrogen-bond acceptors (Lipinski definition) is 4. The number of likely N-dealkylation sites (N-methyl/N-ethyl adjacent to an activating group) is 1. The summed E-state index contributed by atoms with van der Waals surface area (Å²) < 4.78 is 5.37. The summed E-state index contributed by atoms with van der Waals surface area (Å²) in [5, 5.41) is 6.01. The molecule has 6 nitrogen and oxygen atoms in total. The highest BCUT2D eigenvalue weighted by Crippen LogP contribution is 2.17. The van der Waals surface area contributed by atoms with Gasteiger partial charge in [0.05, 0.1) is 6.04 Å². The lowest BCUT2D eigenvalue weighted by Crippen LogP contribution is -2.35. The topological polar surface area (TPSA) is 70.7 Å². The van der Waals surface area contributed by atoms with Crippen molar-refractivity contribution < 1.29 is 14.3 Å². The van der Waals surface area contributed by atoms with Crippen molar-refractivity contribution in [1.82, 2.24) is 10.2 Å². The molecule has 114 valence electrons. The molecule has 0 bridgehead atoms. The summed E-state index contributed by atoms with van der Waals surface area (Å²) in [6.07, 6.45) is 1.91. The van der Waals surface area contributed by atoms with Crippen LogP contribution in [0.3, 0.4) is 0 Å². The molecule has 1 saturated heterocycles. The van der Waals surface area contributed by atoms with Crippen LogP contribution in [0, 0.1) is 0 Å². The first-order valence-electron chi connectivity index (χ1n) is 7.03. The molecule has 0 saturated carbocycles. The molecule has 0 aliphatic carbocycles. The van der Waals surface area contributed by atoms with E-state index in [1.165, 1.54) is 4.90 Å². The fourth-order valence-corrected chi connectivity index (χ4v) is 2.05. The first kappa shape index (κ1) is 15.3. The zero-order valence-corrected chi connectivity index (χ0v) is 12.4. The van der Waals surface area contributed by atoms with Crippen molar-refractivity contribution in [2.45, 2.75) is 18.9 Å². The molecule has 1 fully saturated rings. The van der Waals surface area contributed by atoms with Crippen LogP contribution >= 0.6 is 0 Å². The van der Waals surface area contributed by atoms with Crippen LogP contribution in [0.4, 0.5) is 5.69 Å². The lowest BCUT2D eigenvalue weighted by atomic mass is 10.2. The van der Waals surface area contributed by atoms with Gasteiger partial charge in [-0.05, 0) is 43.7 Å². The lowest BCUT2D eigenvalue weighted by Gasteiger charge is -2.13. The van der Waals surface area contributed by atoms with Gasteiger partial charge >= 0.3 is 0 Å². The highest BCUT2D eigenvalue weighted by molar-refractivity contribution is 5.95. The number of nitrogens with zero attached hydrogens (tertiary/aromatic N) is 1. The van der Waals surface area contributed by atoms with Crippen LogP contribution in [-0.4, -0.2) is 50.0 Å². The highest BCUT2D eigenvalue weighted by atomic mass is 16.5. The number of ether oxygens (including phenoxy) is 1. The van der Waals surface area contributed by atoms with E-state index in [1.807, 2.05) is 0 Å². The molecule has 21 heavy (non-hydrogen) atoms. The van der Waals surface area contributed by atoms with Gasteiger partial charge in [0.15, 0.2) is 6.61 Å². The van der Waals surface area contributed by atoms with Gasteiger partial charge in [-0.15, -0.1) is 0 Å². The minimum atomic E-state index is -0.0985. The van der Waals surface area contributed by atoms with Crippen LogP contribution in [-0.2, 0) is 9.59 Å². The largest absolute Gasteiger partial charge is 0.484 e. The number of benzene rings is 1. The van der Waals surface area contributed by atoms with E-state index >= 15 is 0 Å². The van der Waals surface area contributed by atoms with E-state index in [2.05, 4.69) is 10.6 Å². The molecule has 0 radical (unpaired) electrons. The van der Waals surface area contributed by atoms with Crippen molar-refractivity contribution >= 4 is 17.5 Å². The highest BCUT2D eigenvalue weighted by Gasteiger charge is 2.21. The zero-order valence-electron chi connectivity index (χ0n) is 12.4. The summed E-state index contributed by atoms with van der Waals surface area (Å²) in [5.41, 5.74) is 0.722. The Morgan fingerprint density at radius 2 is 2.05 bits per heavy atom. The first-order chi connectivity index (χ1) is 10.1. The smallest absolute Gasteiger partial charge is 0.259 e. The zero-order chi connectivity index (χ0) is 15.2. The van der Waals surface area contributed by atoms with Crippen LogP contribution in [0.25, 0.3) is 0 Å². The van der Waals surface area contributed by atoms with Gasteiger partial charge in [-0.1, -0.05) is 0 Å². The normalized spacial score (nSPS) is 17.3. The van der Waals surface area contributed by atoms with Gasteiger partial charge in [-0.2, -0.15) is 0 Å². The summed E-state index contributed by atoms with van der Waals surface area (Å²) in [7, 11) is 3.36. The van der Waals surface area contributed by atoms with E-state index in [1.54, 1.807) is 38.4 Å². The third kappa shape index (κ3) is 4.46. The molecular weight excluding hydrogens is 270 g/mol. The molecule has 2 amide bonds. The van der Waals surface area contributed by atoms with Gasteiger partial charge in [0.25, 0.3) is 5.91 Å². The Morgan fingerprint density at radius 3 is 2.62 bits per heavy atom. The molecule has 1 aromatic carbocycles. The van der Waals surface area contributed by atoms with Crippen LogP contribution in [0.5, 0.6) is 5.75 Å². The summed E-state index contributed by atoms with van der Waals surface area (Å²) in [4.78, 5) is 24.8. The van der Waals surface area contributed by atoms with Crippen molar-refractivity contribution in [3.05, 3.63) is 24.3 Å². The molecule has 1 unspecified atom stereocenters. The Morgan fingerprint density at radius 1 is 1.33 bits per heavy atom. The molecule has 1 aliphatic heterocycles. The third-order valence-electron chi connectivity index (χ3n) is 3.36. The Balaban J connectivity index is 1.84. The van der Waals surface area contributed by atoms with Gasteiger partial charge in [-0.25, -0.2) is 0 Å². The average molecular weight is 291 g/mol. The molecular formula is C15H21N3O3. The van der Waals surface area contributed by atoms with Crippen LogP contribution < -0.4 is 15.4 Å². The lowest BCUT2D eigenvalue weighted by molar-refractivity contribution is -0.130. The van der Waals surface area contributed by atoms with E-state index in [4.69, 9.17) is 4.74 Å². The number of carbonyl (C=O) groups excluding carboxylic acids is 2. The van der Waals surface area contributed by atoms with Crippen molar-refractivity contribution in [2.75, 3.05) is 32.6 Å². The van der Waals surface area contributed by atoms with E-state index in [9.17, 15) is 9.59 Å². The summed E-state index contributed by atoms with van der Waals surface area (Å²) in [6, 6.07) is 6.91. The maximum absolute atomic E-state index is 11.9. The van der Waals surface area contributed by atoms with Gasteiger partial charge in [-0.3, -0.25) is 9.59 Å². The maximum atomic E-state index is 11.9. The Bertz CT molecular complexity index is 493. The predicted octanol–water partition coefficient (Wildman–Crippen LogP) is 0.844. The van der Waals surface area contributed by atoms with Crippen LogP contribution in [0.1, 0.15) is 12.8 Å². The fraction of sp³-hybridized carbons (Fsp3) is 0.467. The molecule has 1 heterocycles. The monoisotopic (exact) mass is 291 g/mol. The predicted molar refractivity (Wildman–Crippen MR) is 80.3 cm³/mol. The number of rotatable bonds is 5. The molecule has 6 heteroatoms. The van der Waals surface area contributed by atoms with Gasteiger partial charge < -0.3 is 20.3 Å². The summed E-state index contributed by atoms with van der Waals surface area (Å²) >= 11 is 0. The summed E-state index contributed by atoms with van der Waals surface area (Å²) in [6.45, 7) is 0.898. The van der Waals surface area contributed by atoms with Crippen LogP contribution in [0.15, 0.2) is 24.3 Å². The second-order valence-electron chi connectivity index (χ2n) is 5.24. The molecule has 1 atom stereocenters. The van der Waals surface area contributed by atoms with Crippen molar-refractivity contribution in [3.63, 3.8) is 0 Å². The third-order valence-corrected chi connectivity index (χ3v) is 3.36. The second kappa shape index (κ2) is 7.08. The Kier molecular flexibility index (Phi) is 5.16. The van der Waals surface area contributed by atoms with Gasteiger partial charge in [0.2, 0.25) is 5.91 Å². The number of carbonyl (C=O) groups is 2. The quantitative estimate of drug-likeness (QED) is 0.843. The SMILES string of the molecule is CN(C)C(=O)COc1ccc(NC(=O)C2CCCN2)cc1. The molecule has 0 spiro atoms. The van der Waals surface area contributed by atoms with Crippen molar-refractivity contribution in [3.8, 4) is 5.75 Å². The standard InChI is InChI=1S/C15H21N3O3/c1-18(2)14(19)10-21-12-7-5-11(6-8-12)17-15(20)13-4-3-9-16-13/h5-8,13,16H,3-4,9-10H2,1-2H3,(H,17,20). The fourth-order valence-electron chi connectivity index (χ4n) is 2.05. The van der Waals surface area contributed by atoms with Crippen LogP contribution in [0.2, 0.25) is 0 Å². The van der Waals surface area contributed by atoms with Gasteiger partial charge in [0.1, 0.15) is 5.75 Å². The van der Waals surface area contributed by atoms with E-state index in [0.717, 1.165) is 25.1 Å². The van der Waals surface area contributed by atoms with E-state index in [0.29, 0.717) is 5.75 Å². The second-order valence-corrected chi connectivity index (χ2v) is 5.24. The molecule has 2 N–H and O–H groups in total. The number of nitrogens with one attached hydrogen (secondary N) is 2. The molecule has 2 rings (SSSR count). The molecule has 0 aromatic heterocycles. The van der Waals surface area contributed by atoms with E-state index in [-0.39, 0.29) is 24.5 Å². The van der Waals surface area contributed by atoms with Crippen molar-refractivity contribution in [1.29, 1.82) is 0 Å². The molecule has 1 aromatic rings. The minimum absolute atomic E-state index is 0.00466. The number of hydrogen-bond donors (Lipinski definition) is 2. The summed E-state index contributed by atoms with van der Waals surface area (Å²) in [5.74, 6) is 0.492. The average Bonchev–Trinajstić information content (AvgIpc) is 3.00. The van der Waals surface area contributed by atoms with E-state index < -0.39 is 0 Å². The first-order valence-corrected chi connectivity index (χ1v) is 7.03.